The highest BCUT2D eigenvalue weighted by molar-refractivity contribution is 5.53. The third-order valence-electron chi connectivity index (χ3n) is 4.09. The largest absolute Gasteiger partial charge is 0.0798 e. The average molecular weight is 351 g/mol. The predicted octanol–water partition coefficient (Wildman–Crippen LogP) is 8.21. The van der Waals surface area contributed by atoms with E-state index in [0.717, 1.165) is 0 Å². The molecule has 1 atom stereocenters. The Bertz CT molecular complexity index is 672. The minimum Gasteiger partial charge on any atom is -0.0798 e. The van der Waals surface area contributed by atoms with Crippen molar-refractivity contribution in [3.05, 3.63) is 95.6 Å². The van der Waals surface area contributed by atoms with Crippen LogP contribution < -0.4 is 0 Å². The summed E-state index contributed by atoms with van der Waals surface area (Å²) in [6, 6.07) is 10.7. The molecule has 0 N–H and O–H groups in total. The smallest absolute Gasteiger partial charge is 0.0295 e. The minimum absolute atomic E-state index is 0. The third kappa shape index (κ3) is 7.04. The monoisotopic (exact) mass is 350 g/mol. The van der Waals surface area contributed by atoms with E-state index in [9.17, 15) is 0 Å². The summed E-state index contributed by atoms with van der Waals surface area (Å²) in [6.45, 7) is 15.1. The summed E-state index contributed by atoms with van der Waals surface area (Å²) < 4.78 is 0. The third-order valence-corrected chi connectivity index (χ3v) is 4.09. The van der Waals surface area contributed by atoms with Crippen molar-refractivity contribution in [2.24, 2.45) is 5.41 Å². The van der Waals surface area contributed by atoms with Gasteiger partial charge in [-0.2, -0.15) is 0 Å². The summed E-state index contributed by atoms with van der Waals surface area (Å²) in [4.78, 5) is 0. The van der Waals surface area contributed by atoms with E-state index in [0.29, 0.717) is 0 Å². The molecule has 1 aromatic rings. The highest BCUT2D eigenvalue weighted by Gasteiger charge is 2.22. The zero-order valence-corrected chi connectivity index (χ0v) is 17.0. The molecule has 0 heterocycles. The van der Waals surface area contributed by atoms with Gasteiger partial charge in [-0.05, 0) is 36.0 Å². The molecule has 0 aliphatic heterocycles. The van der Waals surface area contributed by atoms with E-state index in [4.69, 9.17) is 0 Å². The van der Waals surface area contributed by atoms with Crippen molar-refractivity contribution in [1.29, 1.82) is 0 Å². The van der Waals surface area contributed by atoms with Gasteiger partial charge in [0.05, 0.1) is 0 Å². The van der Waals surface area contributed by atoms with Gasteiger partial charge < -0.3 is 0 Å². The quantitative estimate of drug-likeness (QED) is 0.482. The van der Waals surface area contributed by atoms with Gasteiger partial charge >= 0.3 is 0 Å². The van der Waals surface area contributed by atoms with Crippen LogP contribution in [0.25, 0.3) is 0 Å². The second kappa shape index (κ2) is 10.8. The van der Waals surface area contributed by atoms with Crippen LogP contribution in [0.3, 0.4) is 0 Å². The van der Waals surface area contributed by atoms with Gasteiger partial charge in [0.15, 0.2) is 0 Å². The lowest BCUT2D eigenvalue weighted by Gasteiger charge is -2.24. The van der Waals surface area contributed by atoms with Gasteiger partial charge in [-0.3, -0.25) is 0 Å². The van der Waals surface area contributed by atoms with Crippen molar-refractivity contribution >= 4 is 0 Å². The molecule has 0 fully saturated rings. The lowest BCUT2D eigenvalue weighted by Crippen LogP contribution is -2.16. The van der Waals surface area contributed by atoms with Crippen molar-refractivity contribution in [2.75, 3.05) is 0 Å². The van der Waals surface area contributed by atoms with Crippen LogP contribution >= 0.6 is 0 Å². The highest BCUT2D eigenvalue weighted by atomic mass is 14.3. The van der Waals surface area contributed by atoms with Crippen LogP contribution in [0.2, 0.25) is 0 Å². The normalized spacial score (nSPS) is 20.0. The van der Waals surface area contributed by atoms with E-state index in [-0.39, 0.29) is 18.3 Å². The van der Waals surface area contributed by atoms with Crippen LogP contribution in [-0.4, -0.2) is 0 Å². The van der Waals surface area contributed by atoms with Crippen LogP contribution in [0.15, 0.2) is 90.1 Å². The van der Waals surface area contributed by atoms with E-state index in [1.54, 1.807) is 0 Å². The van der Waals surface area contributed by atoms with Gasteiger partial charge in [0.25, 0.3) is 0 Å². The topological polar surface area (TPSA) is 0 Å². The van der Waals surface area contributed by atoms with E-state index < -0.39 is 0 Å². The molecule has 142 valence electrons. The fourth-order valence-electron chi connectivity index (χ4n) is 2.69. The molecule has 26 heavy (non-hydrogen) atoms. The summed E-state index contributed by atoms with van der Waals surface area (Å²) in [7, 11) is 0. The van der Waals surface area contributed by atoms with E-state index >= 15 is 0 Å². The lowest BCUT2D eigenvalue weighted by molar-refractivity contribution is 0.544. The summed E-state index contributed by atoms with van der Waals surface area (Å²) in [6.07, 6.45) is 17.8. The summed E-state index contributed by atoms with van der Waals surface area (Å²) >= 11 is 0. The molecule has 0 spiro atoms. The molecule has 1 unspecified atom stereocenters. The van der Waals surface area contributed by atoms with Crippen LogP contribution in [0.4, 0.5) is 0 Å². The number of benzene rings is 1. The fourth-order valence-corrected chi connectivity index (χ4v) is 2.69. The Morgan fingerprint density at radius 2 is 1.62 bits per heavy atom. The first-order valence-electron chi connectivity index (χ1n) is 9.34. The molecule has 0 radical (unpaired) electrons. The van der Waals surface area contributed by atoms with Crippen LogP contribution in [-0.2, 0) is 5.41 Å². The molecule has 1 aliphatic carbocycles. The maximum absolute atomic E-state index is 2.37. The minimum atomic E-state index is -0.0933. The molecular formula is C26H38. The van der Waals surface area contributed by atoms with Crippen LogP contribution in [0.5, 0.6) is 0 Å². The fraction of sp³-hybridized carbons (Fsp3) is 0.385. The Hall–Kier alpha value is -2.08. The average Bonchev–Trinajstić information content (AvgIpc) is 2.80. The van der Waals surface area contributed by atoms with Gasteiger partial charge in [0, 0.05) is 5.41 Å². The van der Waals surface area contributed by atoms with Gasteiger partial charge in [0.2, 0.25) is 0 Å². The molecule has 0 saturated carbocycles. The van der Waals surface area contributed by atoms with E-state index in [1.165, 1.54) is 16.7 Å². The Balaban J connectivity index is 0.00000201. The molecular weight excluding hydrogens is 312 g/mol. The Morgan fingerprint density at radius 1 is 1.00 bits per heavy atom. The number of rotatable bonds is 3. The Labute approximate surface area is 162 Å². The second-order valence-electron chi connectivity index (χ2n) is 7.41. The summed E-state index contributed by atoms with van der Waals surface area (Å²) in [5.74, 6) is 0. The Morgan fingerprint density at radius 3 is 2.15 bits per heavy atom. The van der Waals surface area contributed by atoms with Crippen molar-refractivity contribution in [2.45, 2.75) is 61.3 Å². The number of hydrogen-bond acceptors (Lipinski definition) is 0. The van der Waals surface area contributed by atoms with Gasteiger partial charge in [-0.25, -0.2) is 0 Å². The van der Waals surface area contributed by atoms with Gasteiger partial charge in [0.1, 0.15) is 0 Å². The van der Waals surface area contributed by atoms with Crippen LogP contribution in [0, 0.1) is 5.41 Å². The van der Waals surface area contributed by atoms with Crippen molar-refractivity contribution in [3.8, 4) is 0 Å². The summed E-state index contributed by atoms with van der Waals surface area (Å²) in [5, 5.41) is 0. The van der Waals surface area contributed by atoms with E-state index in [1.807, 2.05) is 13.8 Å². The van der Waals surface area contributed by atoms with Crippen molar-refractivity contribution in [1.82, 2.24) is 0 Å². The first-order valence-corrected chi connectivity index (χ1v) is 9.34. The lowest BCUT2D eigenvalue weighted by atomic mass is 9.80. The standard InChI is InChI=1S/C23H28.C2H6.CH4/c1-6-19(15-17-22(2,3)4)20-12-10-11-16-23(5,18-20)21-13-8-7-9-14-21;1-2;/h6-18H,1-5H3;1-2H3;1H4/b17-15-,19-6+;;. The zero-order chi connectivity index (χ0) is 18.9. The molecule has 2 rings (SSSR count). The molecule has 0 nitrogen and oxygen atoms in total. The molecule has 0 aromatic heterocycles. The molecule has 0 saturated heterocycles. The highest BCUT2D eigenvalue weighted by Crippen LogP contribution is 2.32. The first-order chi connectivity index (χ1) is 11.8. The Kier molecular flexibility index (Phi) is 9.94. The molecule has 1 aliphatic rings. The second-order valence-corrected chi connectivity index (χ2v) is 7.41. The van der Waals surface area contributed by atoms with Crippen LogP contribution in [0.1, 0.15) is 61.5 Å². The molecule has 1 aromatic carbocycles. The first kappa shape index (κ1) is 23.9. The maximum atomic E-state index is 2.37. The molecule has 0 amide bonds. The van der Waals surface area contributed by atoms with Gasteiger partial charge in [-0.1, -0.05) is 121 Å². The molecule has 0 heteroatoms. The maximum Gasteiger partial charge on any atom is 0.0295 e. The summed E-state index contributed by atoms with van der Waals surface area (Å²) in [5.41, 5.74) is 3.94. The van der Waals surface area contributed by atoms with Crippen molar-refractivity contribution in [3.63, 3.8) is 0 Å². The van der Waals surface area contributed by atoms with Gasteiger partial charge in [-0.15, -0.1) is 0 Å². The SMILES string of the molecule is C.C/C=C(\C=C/C(C)(C)C)C1=CC(C)(c2ccccc2)C=CC=C1.CC. The number of hydrogen-bond donors (Lipinski definition) is 0. The van der Waals surface area contributed by atoms with E-state index in [2.05, 4.69) is 114 Å². The predicted molar refractivity (Wildman–Crippen MR) is 121 cm³/mol. The zero-order valence-electron chi connectivity index (χ0n) is 17.0. The number of allylic oxidation sites excluding steroid dienone is 10. The van der Waals surface area contributed by atoms with Crippen molar-refractivity contribution < 1.29 is 0 Å². The molecule has 0 bridgehead atoms.